The lowest BCUT2D eigenvalue weighted by atomic mass is 9.84. The number of aromatic nitrogens is 4. The molecule has 4 heterocycles. The first kappa shape index (κ1) is 18.8. The fourth-order valence-corrected chi connectivity index (χ4v) is 4.61. The van der Waals surface area contributed by atoms with Gasteiger partial charge in [-0.1, -0.05) is 56.3 Å². The molecule has 2 aliphatic heterocycles. The number of nitrogens with zero attached hydrogens (tertiary/aromatic N) is 4. The van der Waals surface area contributed by atoms with Crippen LogP contribution in [0.1, 0.15) is 54.2 Å². The maximum Gasteiger partial charge on any atom is 0.226 e. The molecular weight excluding hydrogens is 398 g/mol. The molecule has 0 bridgehead atoms. The predicted octanol–water partition coefficient (Wildman–Crippen LogP) is 5.36. The molecule has 0 fully saturated rings. The zero-order valence-corrected chi connectivity index (χ0v) is 17.9. The highest BCUT2D eigenvalue weighted by molar-refractivity contribution is 5.85. The summed E-state index contributed by atoms with van der Waals surface area (Å²) in [6.45, 7) is 4.41. The Hall–Kier alpha value is -3.93. The number of nitrogens with one attached hydrogen (secondary N) is 1. The number of rotatable bonds is 3. The zero-order chi connectivity index (χ0) is 21.7. The van der Waals surface area contributed by atoms with Crippen LogP contribution in [-0.2, 0) is 0 Å². The molecule has 0 spiro atoms. The molecule has 2 atom stereocenters. The van der Waals surface area contributed by atoms with Gasteiger partial charge in [0.25, 0.3) is 0 Å². The summed E-state index contributed by atoms with van der Waals surface area (Å²) < 4.78 is 8.57. The van der Waals surface area contributed by atoms with Crippen LogP contribution in [0.25, 0.3) is 5.70 Å². The number of ether oxygens (including phenoxy) is 1. The summed E-state index contributed by atoms with van der Waals surface area (Å²) in [5.74, 6) is 2.04. The smallest absolute Gasteiger partial charge is 0.226 e. The minimum absolute atomic E-state index is 0.180. The SMILES string of the molecule is CC(C)c1ccc([C@H]2Oc3ccccc3C3=C2[C@H](c2cccnc2)n2ncnc2N3)cc1. The van der Waals surface area contributed by atoms with Gasteiger partial charge in [-0.2, -0.15) is 10.1 Å². The Labute approximate surface area is 186 Å². The van der Waals surface area contributed by atoms with Crippen LogP contribution in [0.2, 0.25) is 0 Å². The topological polar surface area (TPSA) is 64.9 Å². The summed E-state index contributed by atoms with van der Waals surface area (Å²) in [5.41, 5.74) is 6.62. The van der Waals surface area contributed by atoms with Crippen molar-refractivity contribution in [3.63, 3.8) is 0 Å². The Kier molecular flexibility index (Phi) is 4.31. The minimum atomic E-state index is -0.267. The average Bonchev–Trinajstić information content (AvgIpc) is 3.31. The molecule has 0 radical (unpaired) electrons. The van der Waals surface area contributed by atoms with E-state index in [0.717, 1.165) is 33.7 Å². The number of hydrogen-bond acceptors (Lipinski definition) is 5. The summed E-state index contributed by atoms with van der Waals surface area (Å²) in [5, 5.41) is 8.09. The second-order valence-electron chi connectivity index (χ2n) is 8.49. The van der Waals surface area contributed by atoms with Crippen LogP contribution in [0.5, 0.6) is 5.75 Å². The van der Waals surface area contributed by atoms with Gasteiger partial charge in [-0.15, -0.1) is 0 Å². The molecule has 2 aromatic heterocycles. The van der Waals surface area contributed by atoms with Crippen LogP contribution in [0.15, 0.2) is 85.0 Å². The third kappa shape index (κ3) is 2.91. The van der Waals surface area contributed by atoms with E-state index in [-0.39, 0.29) is 12.1 Å². The third-order valence-corrected chi connectivity index (χ3v) is 6.23. The lowest BCUT2D eigenvalue weighted by molar-refractivity contribution is 0.223. The number of para-hydroxylation sites is 1. The highest BCUT2D eigenvalue weighted by Crippen LogP contribution is 2.50. The normalized spacial score (nSPS) is 19.0. The Morgan fingerprint density at radius 3 is 2.59 bits per heavy atom. The van der Waals surface area contributed by atoms with Crippen molar-refractivity contribution in [3.05, 3.63) is 107 Å². The van der Waals surface area contributed by atoms with Gasteiger partial charge in [0.15, 0.2) is 0 Å². The first-order chi connectivity index (χ1) is 15.7. The third-order valence-electron chi connectivity index (χ3n) is 6.23. The van der Waals surface area contributed by atoms with Crippen molar-refractivity contribution >= 4 is 11.6 Å². The van der Waals surface area contributed by atoms with Crippen LogP contribution < -0.4 is 10.1 Å². The highest BCUT2D eigenvalue weighted by atomic mass is 16.5. The second-order valence-corrected chi connectivity index (χ2v) is 8.49. The largest absolute Gasteiger partial charge is 0.480 e. The number of fused-ring (bicyclic) bond motifs is 3. The van der Waals surface area contributed by atoms with Gasteiger partial charge < -0.3 is 10.1 Å². The molecule has 6 heteroatoms. The van der Waals surface area contributed by atoms with E-state index in [4.69, 9.17) is 4.74 Å². The molecule has 6 rings (SSSR count). The van der Waals surface area contributed by atoms with Crippen molar-refractivity contribution in [2.75, 3.05) is 5.32 Å². The lowest BCUT2D eigenvalue weighted by Crippen LogP contribution is -2.32. The first-order valence-corrected chi connectivity index (χ1v) is 10.9. The van der Waals surface area contributed by atoms with Gasteiger partial charge in [-0.05, 0) is 40.8 Å². The molecule has 0 saturated carbocycles. The molecule has 0 amide bonds. The number of hydrogen-bond donors (Lipinski definition) is 1. The van der Waals surface area contributed by atoms with Gasteiger partial charge >= 0.3 is 0 Å². The standard InChI is InChI=1S/C26H23N5O/c1-16(2)17-9-11-18(12-10-17)25-22-23(20-7-3-4-8-21(20)32-25)30-26-28-15-29-31(26)24(22)19-6-5-13-27-14-19/h3-16,24-25H,1-2H3,(H,28,29,30)/t24-,25+/m0/s1. The Balaban J connectivity index is 1.58. The van der Waals surface area contributed by atoms with Crippen molar-refractivity contribution in [2.45, 2.75) is 31.9 Å². The van der Waals surface area contributed by atoms with E-state index in [9.17, 15) is 0 Å². The number of benzene rings is 2. The number of pyridine rings is 1. The lowest BCUT2D eigenvalue weighted by Gasteiger charge is -2.38. The Bertz CT molecular complexity index is 1310. The Morgan fingerprint density at radius 2 is 1.81 bits per heavy atom. The van der Waals surface area contributed by atoms with Crippen molar-refractivity contribution in [1.29, 1.82) is 0 Å². The maximum absolute atomic E-state index is 6.65. The maximum atomic E-state index is 6.65. The average molecular weight is 422 g/mol. The van der Waals surface area contributed by atoms with E-state index in [2.05, 4.69) is 70.6 Å². The molecule has 158 valence electrons. The van der Waals surface area contributed by atoms with Crippen LogP contribution >= 0.6 is 0 Å². The van der Waals surface area contributed by atoms with E-state index >= 15 is 0 Å². The fourth-order valence-electron chi connectivity index (χ4n) is 4.61. The predicted molar refractivity (Wildman–Crippen MR) is 123 cm³/mol. The van der Waals surface area contributed by atoms with Crippen LogP contribution in [0.4, 0.5) is 5.95 Å². The summed E-state index contributed by atoms with van der Waals surface area (Å²) in [7, 11) is 0. The summed E-state index contributed by atoms with van der Waals surface area (Å²) in [6, 6.07) is 20.7. The molecule has 4 aromatic rings. The van der Waals surface area contributed by atoms with Crippen molar-refractivity contribution in [2.24, 2.45) is 0 Å². The van der Waals surface area contributed by atoms with E-state index in [0.29, 0.717) is 11.9 Å². The van der Waals surface area contributed by atoms with Gasteiger partial charge in [0.1, 0.15) is 24.2 Å². The molecule has 32 heavy (non-hydrogen) atoms. The van der Waals surface area contributed by atoms with Gasteiger partial charge in [0.2, 0.25) is 5.95 Å². The molecule has 1 N–H and O–H groups in total. The number of anilines is 1. The van der Waals surface area contributed by atoms with Gasteiger partial charge in [0, 0.05) is 23.5 Å². The summed E-state index contributed by atoms with van der Waals surface area (Å²) in [6.07, 6.45) is 5.00. The van der Waals surface area contributed by atoms with Crippen LogP contribution in [-0.4, -0.2) is 19.7 Å². The molecular formula is C26H23N5O. The van der Waals surface area contributed by atoms with Crippen molar-refractivity contribution in [1.82, 2.24) is 19.7 Å². The molecule has 0 unspecified atom stereocenters. The highest BCUT2D eigenvalue weighted by Gasteiger charge is 2.40. The summed E-state index contributed by atoms with van der Waals surface area (Å²) >= 11 is 0. The molecule has 2 aliphatic rings. The Morgan fingerprint density at radius 1 is 0.969 bits per heavy atom. The van der Waals surface area contributed by atoms with E-state index in [1.165, 1.54) is 5.56 Å². The van der Waals surface area contributed by atoms with Crippen LogP contribution in [0.3, 0.4) is 0 Å². The van der Waals surface area contributed by atoms with Gasteiger partial charge in [-0.3, -0.25) is 4.98 Å². The van der Waals surface area contributed by atoms with Gasteiger partial charge in [0.05, 0.1) is 5.70 Å². The fraction of sp³-hybridized carbons (Fsp3) is 0.192. The minimum Gasteiger partial charge on any atom is -0.480 e. The quantitative estimate of drug-likeness (QED) is 0.483. The molecule has 2 aromatic carbocycles. The van der Waals surface area contributed by atoms with Crippen LogP contribution in [0, 0.1) is 0 Å². The molecule has 0 aliphatic carbocycles. The summed E-state index contributed by atoms with van der Waals surface area (Å²) in [4.78, 5) is 8.85. The zero-order valence-electron chi connectivity index (χ0n) is 17.9. The van der Waals surface area contributed by atoms with E-state index in [1.54, 1.807) is 12.5 Å². The monoisotopic (exact) mass is 421 g/mol. The first-order valence-electron chi connectivity index (χ1n) is 10.9. The molecule has 6 nitrogen and oxygen atoms in total. The van der Waals surface area contributed by atoms with Crippen molar-refractivity contribution < 1.29 is 4.74 Å². The van der Waals surface area contributed by atoms with E-state index < -0.39 is 0 Å². The van der Waals surface area contributed by atoms with E-state index in [1.807, 2.05) is 35.1 Å². The van der Waals surface area contributed by atoms with Gasteiger partial charge in [-0.25, -0.2) is 4.68 Å². The second kappa shape index (κ2) is 7.34. The molecule has 0 saturated heterocycles. The van der Waals surface area contributed by atoms with Crippen molar-refractivity contribution in [3.8, 4) is 5.75 Å².